The van der Waals surface area contributed by atoms with Crippen LogP contribution in [-0.2, 0) is 27.8 Å². The van der Waals surface area contributed by atoms with Crippen LogP contribution in [0.4, 0.5) is 0 Å². The normalized spacial score (nSPS) is 11.7. The van der Waals surface area contributed by atoms with Gasteiger partial charge in [-0.3, -0.25) is 9.48 Å². The van der Waals surface area contributed by atoms with Gasteiger partial charge in [-0.05, 0) is 69.8 Å². The predicted molar refractivity (Wildman–Crippen MR) is 160 cm³/mol. The summed E-state index contributed by atoms with van der Waals surface area (Å²) in [5.41, 5.74) is 3.99. The maximum Gasteiger partial charge on any atom is 0.268 e. The van der Waals surface area contributed by atoms with Gasteiger partial charge in [0.2, 0.25) is 0 Å². The van der Waals surface area contributed by atoms with Gasteiger partial charge >= 0.3 is 0 Å². The van der Waals surface area contributed by atoms with Crippen molar-refractivity contribution in [2.45, 2.75) is 17.9 Å². The lowest BCUT2D eigenvalue weighted by atomic mass is 9.95. The molecule has 0 aliphatic heterocycles. The number of hydrogen-bond donors (Lipinski definition) is 1. The van der Waals surface area contributed by atoms with Crippen molar-refractivity contribution in [1.82, 2.24) is 14.5 Å². The molecule has 7 nitrogen and oxygen atoms in total. The number of aromatic nitrogens is 2. The molecular weight excluding hydrogens is 590 g/mol. The summed E-state index contributed by atoms with van der Waals surface area (Å²) in [5, 5.41) is 6.61. The molecule has 5 rings (SSSR count). The Morgan fingerprint density at radius 1 is 0.975 bits per heavy atom. The van der Waals surface area contributed by atoms with Gasteiger partial charge < -0.3 is 4.74 Å². The SMILES string of the molecule is COc1ccc(Br)cc1S(=O)(=O)NC(=O)C=Cc1ccc(Cn2cccn2)cc1Cc1ccc2ccccc2c1. The lowest BCUT2D eigenvalue weighted by Crippen LogP contribution is -2.29. The van der Waals surface area contributed by atoms with Crippen LogP contribution in [0.1, 0.15) is 22.3 Å². The molecule has 0 saturated carbocycles. The largest absolute Gasteiger partial charge is 0.495 e. The molecule has 1 N–H and O–H groups in total. The Morgan fingerprint density at radius 3 is 2.55 bits per heavy atom. The molecule has 0 aliphatic rings. The van der Waals surface area contributed by atoms with Crippen molar-refractivity contribution in [3.05, 3.63) is 130 Å². The molecule has 9 heteroatoms. The number of amides is 1. The fourth-order valence-electron chi connectivity index (χ4n) is 4.47. The number of carbonyl (C=O) groups is 1. The summed E-state index contributed by atoms with van der Waals surface area (Å²) in [6.07, 6.45) is 7.14. The number of rotatable bonds is 9. The molecule has 4 aromatic carbocycles. The fourth-order valence-corrected chi connectivity index (χ4v) is 6.12. The minimum absolute atomic E-state index is 0.133. The molecule has 0 bridgehead atoms. The summed E-state index contributed by atoms with van der Waals surface area (Å²) in [7, 11) is -2.79. The smallest absolute Gasteiger partial charge is 0.268 e. The summed E-state index contributed by atoms with van der Waals surface area (Å²) in [4.78, 5) is 12.6. The fraction of sp³-hybridized carbons (Fsp3) is 0.0968. The second-order valence-corrected chi connectivity index (χ2v) is 11.8. The maximum atomic E-state index is 12.9. The molecule has 0 unspecified atom stereocenters. The summed E-state index contributed by atoms with van der Waals surface area (Å²) in [6.45, 7) is 0.606. The lowest BCUT2D eigenvalue weighted by molar-refractivity contribution is -0.114. The third-order valence-corrected chi connectivity index (χ3v) is 8.25. The molecule has 1 heterocycles. The highest BCUT2D eigenvalue weighted by atomic mass is 79.9. The highest BCUT2D eigenvalue weighted by Crippen LogP contribution is 2.27. The van der Waals surface area contributed by atoms with E-state index in [1.165, 1.54) is 30.7 Å². The minimum atomic E-state index is -4.16. The van der Waals surface area contributed by atoms with Gasteiger partial charge in [0.1, 0.15) is 10.6 Å². The standard InChI is InChI=1S/C31H26BrN3O4S/c1-39-29-13-12-28(32)20-30(29)40(37,38)34-31(36)14-11-25-10-8-23(21-35-16-4-15-33-35)19-27(25)18-22-7-9-24-5-2-3-6-26(24)17-22/h2-17,19-20H,18,21H2,1H3,(H,34,36). The van der Waals surface area contributed by atoms with Crippen LogP contribution in [0.2, 0.25) is 0 Å². The van der Waals surface area contributed by atoms with Crippen molar-refractivity contribution in [2.75, 3.05) is 7.11 Å². The zero-order valence-electron chi connectivity index (χ0n) is 21.6. The highest BCUT2D eigenvalue weighted by Gasteiger charge is 2.21. The molecule has 1 amide bonds. The Kier molecular flexibility index (Phi) is 8.14. The van der Waals surface area contributed by atoms with E-state index < -0.39 is 15.9 Å². The van der Waals surface area contributed by atoms with Crippen molar-refractivity contribution < 1.29 is 17.9 Å². The number of hydrogen-bond acceptors (Lipinski definition) is 5. The van der Waals surface area contributed by atoms with Gasteiger partial charge in [0.05, 0.1) is 13.7 Å². The van der Waals surface area contributed by atoms with Crippen molar-refractivity contribution in [3.8, 4) is 5.75 Å². The van der Waals surface area contributed by atoms with E-state index in [2.05, 4.69) is 62.1 Å². The average Bonchev–Trinajstić information content (AvgIpc) is 3.45. The van der Waals surface area contributed by atoms with E-state index in [9.17, 15) is 13.2 Å². The second-order valence-electron chi connectivity index (χ2n) is 9.19. The lowest BCUT2D eigenvalue weighted by Gasteiger charge is -2.12. The minimum Gasteiger partial charge on any atom is -0.495 e. The topological polar surface area (TPSA) is 90.3 Å². The third kappa shape index (κ3) is 6.50. The van der Waals surface area contributed by atoms with Crippen LogP contribution in [0.3, 0.4) is 0 Å². The Hall–Kier alpha value is -4.21. The number of nitrogens with zero attached hydrogens (tertiary/aromatic N) is 2. The van der Waals surface area contributed by atoms with Crippen LogP contribution < -0.4 is 9.46 Å². The van der Waals surface area contributed by atoms with E-state index in [1.807, 2.05) is 41.2 Å². The summed E-state index contributed by atoms with van der Waals surface area (Å²) in [6, 6.07) is 27.0. The first kappa shape index (κ1) is 27.4. The molecule has 0 radical (unpaired) electrons. The van der Waals surface area contributed by atoms with Crippen LogP contribution >= 0.6 is 15.9 Å². The van der Waals surface area contributed by atoms with E-state index in [1.54, 1.807) is 18.3 Å². The number of halogens is 1. The first-order valence-corrected chi connectivity index (χ1v) is 14.7. The second kappa shape index (κ2) is 11.9. The molecule has 0 aliphatic carbocycles. The monoisotopic (exact) mass is 615 g/mol. The molecule has 40 heavy (non-hydrogen) atoms. The molecule has 0 spiro atoms. The van der Waals surface area contributed by atoms with Crippen molar-refractivity contribution in [2.24, 2.45) is 0 Å². The van der Waals surface area contributed by atoms with Gasteiger partial charge in [-0.25, -0.2) is 13.1 Å². The van der Waals surface area contributed by atoms with Crippen LogP contribution in [0.5, 0.6) is 5.75 Å². The number of ether oxygens (including phenoxy) is 1. The number of nitrogens with one attached hydrogen (secondary N) is 1. The van der Waals surface area contributed by atoms with Crippen LogP contribution in [0.15, 0.2) is 113 Å². The molecule has 202 valence electrons. The number of carbonyl (C=O) groups excluding carboxylic acids is 1. The molecule has 0 saturated heterocycles. The quantitative estimate of drug-likeness (QED) is 0.206. The molecule has 1 aromatic heterocycles. The van der Waals surface area contributed by atoms with Gasteiger partial charge in [-0.1, -0.05) is 76.6 Å². The first-order valence-electron chi connectivity index (χ1n) is 12.5. The molecule has 5 aromatic rings. The molecule has 0 fully saturated rings. The first-order chi connectivity index (χ1) is 19.3. The van der Waals surface area contributed by atoms with E-state index >= 15 is 0 Å². The third-order valence-electron chi connectivity index (χ3n) is 6.38. The van der Waals surface area contributed by atoms with Gasteiger partial charge in [-0.15, -0.1) is 0 Å². The Balaban J connectivity index is 1.42. The number of benzene rings is 4. The molecule has 0 atom stereocenters. The summed E-state index contributed by atoms with van der Waals surface area (Å²) >= 11 is 3.27. The van der Waals surface area contributed by atoms with E-state index in [4.69, 9.17) is 4.74 Å². The van der Waals surface area contributed by atoms with E-state index in [-0.39, 0.29) is 10.6 Å². The van der Waals surface area contributed by atoms with E-state index in [0.717, 1.165) is 27.6 Å². The number of sulfonamides is 1. The Morgan fingerprint density at radius 2 is 1.77 bits per heavy atom. The summed E-state index contributed by atoms with van der Waals surface area (Å²) in [5.74, 6) is -0.628. The van der Waals surface area contributed by atoms with Crippen molar-refractivity contribution >= 4 is 48.7 Å². The van der Waals surface area contributed by atoms with Gasteiger partial charge in [0.15, 0.2) is 0 Å². The van der Waals surface area contributed by atoms with Crippen molar-refractivity contribution in [3.63, 3.8) is 0 Å². The maximum absolute atomic E-state index is 12.9. The zero-order chi connectivity index (χ0) is 28.1. The summed E-state index contributed by atoms with van der Waals surface area (Å²) < 4.78 is 35.5. The van der Waals surface area contributed by atoms with Gasteiger partial charge in [0, 0.05) is 22.9 Å². The van der Waals surface area contributed by atoms with Gasteiger partial charge in [-0.2, -0.15) is 5.10 Å². The van der Waals surface area contributed by atoms with E-state index in [0.29, 0.717) is 17.4 Å². The number of fused-ring (bicyclic) bond motifs is 1. The molecular formula is C31H26BrN3O4S. The van der Waals surface area contributed by atoms with Crippen LogP contribution in [0.25, 0.3) is 16.8 Å². The van der Waals surface area contributed by atoms with Gasteiger partial charge in [0.25, 0.3) is 15.9 Å². The van der Waals surface area contributed by atoms with Crippen LogP contribution in [-0.4, -0.2) is 31.2 Å². The zero-order valence-corrected chi connectivity index (χ0v) is 24.0. The average molecular weight is 617 g/mol. The van der Waals surface area contributed by atoms with Crippen molar-refractivity contribution in [1.29, 1.82) is 0 Å². The van der Waals surface area contributed by atoms with Crippen LogP contribution in [0, 0.1) is 0 Å². The Bertz CT molecular complexity index is 1820. The predicted octanol–water partition coefficient (Wildman–Crippen LogP) is 5.96. The number of methoxy groups -OCH3 is 1. The highest BCUT2D eigenvalue weighted by molar-refractivity contribution is 9.10. The Labute approximate surface area is 241 Å².